The lowest BCUT2D eigenvalue weighted by Gasteiger charge is -2.10. The Morgan fingerprint density at radius 1 is 1.09 bits per heavy atom. The van der Waals surface area contributed by atoms with Crippen molar-refractivity contribution in [2.75, 3.05) is 7.11 Å². The average Bonchev–Trinajstić information content (AvgIpc) is 3.44. The van der Waals surface area contributed by atoms with E-state index in [2.05, 4.69) is 4.98 Å². The molecule has 0 aliphatic carbocycles. The summed E-state index contributed by atoms with van der Waals surface area (Å²) in [7, 11) is -2.38. The Balaban J connectivity index is 1.49. The number of carboxylic acid groups (broad SMARTS) is 1. The van der Waals surface area contributed by atoms with Crippen molar-refractivity contribution in [1.29, 1.82) is 0 Å². The Bertz CT molecular complexity index is 1650. The largest absolute Gasteiger partial charge is 0.497 e. The first-order valence-corrected chi connectivity index (χ1v) is 12.4. The van der Waals surface area contributed by atoms with Crippen LogP contribution in [0.2, 0.25) is 0 Å². The van der Waals surface area contributed by atoms with Crippen LogP contribution in [0.3, 0.4) is 0 Å². The number of carboxylic acids is 1. The number of nitrogens with zero attached hydrogens (tertiary/aromatic N) is 3. The van der Waals surface area contributed by atoms with Gasteiger partial charge in [-0.1, -0.05) is 12.1 Å². The molecule has 0 saturated carbocycles. The van der Waals surface area contributed by atoms with Gasteiger partial charge in [0.05, 0.1) is 17.5 Å². The molecule has 35 heavy (non-hydrogen) atoms. The Kier molecular flexibility index (Phi) is 5.78. The van der Waals surface area contributed by atoms with Crippen molar-refractivity contribution in [1.82, 2.24) is 13.5 Å². The molecule has 8 nitrogen and oxygen atoms in total. The highest BCUT2D eigenvalue weighted by molar-refractivity contribution is 7.90. The van der Waals surface area contributed by atoms with Crippen molar-refractivity contribution >= 4 is 37.9 Å². The van der Waals surface area contributed by atoms with Crippen LogP contribution in [-0.4, -0.2) is 40.1 Å². The van der Waals surface area contributed by atoms with Gasteiger partial charge in [0.15, 0.2) is 0 Å². The second-order valence-corrected chi connectivity index (χ2v) is 10.1. The van der Waals surface area contributed by atoms with Crippen molar-refractivity contribution in [3.63, 3.8) is 0 Å². The zero-order chi connectivity index (χ0) is 24.6. The summed E-state index contributed by atoms with van der Waals surface area (Å²) >= 11 is 0. The Hall–Kier alpha value is -4.11. The number of aromatic nitrogens is 3. The third kappa shape index (κ3) is 4.26. The van der Waals surface area contributed by atoms with E-state index >= 15 is 0 Å². The number of hydrogen-bond donors (Lipinski definition) is 1. The average molecular weight is 490 g/mol. The number of aliphatic carboxylic acids is 1. The van der Waals surface area contributed by atoms with Gasteiger partial charge in [-0.15, -0.1) is 0 Å². The van der Waals surface area contributed by atoms with Crippen molar-refractivity contribution in [2.45, 2.75) is 24.3 Å². The first-order chi connectivity index (χ1) is 16.9. The highest BCUT2D eigenvalue weighted by atomic mass is 32.2. The smallest absolute Gasteiger partial charge is 0.303 e. The molecule has 0 aliphatic heterocycles. The summed E-state index contributed by atoms with van der Waals surface area (Å²) in [5, 5.41) is 10.8. The zero-order valence-corrected chi connectivity index (χ0v) is 19.8. The molecule has 0 bridgehead atoms. The Labute approximate surface area is 202 Å². The highest BCUT2D eigenvalue weighted by Crippen LogP contribution is 2.30. The Morgan fingerprint density at radius 2 is 1.89 bits per heavy atom. The minimum absolute atomic E-state index is 0.103. The van der Waals surface area contributed by atoms with Crippen LogP contribution in [0.1, 0.15) is 17.5 Å². The summed E-state index contributed by atoms with van der Waals surface area (Å²) in [6.45, 7) is 0.562. The van der Waals surface area contributed by atoms with E-state index in [-0.39, 0.29) is 17.7 Å². The number of methoxy groups -OCH3 is 1. The van der Waals surface area contributed by atoms with Crippen LogP contribution < -0.4 is 4.74 Å². The summed E-state index contributed by atoms with van der Waals surface area (Å²) in [6.07, 6.45) is 5.32. The molecule has 2 aromatic carbocycles. The van der Waals surface area contributed by atoms with Gasteiger partial charge in [-0.05, 0) is 66.1 Å². The predicted octanol–water partition coefficient (Wildman–Crippen LogP) is 4.30. The maximum Gasteiger partial charge on any atom is 0.303 e. The molecule has 0 spiro atoms. The lowest BCUT2D eigenvalue weighted by molar-refractivity contribution is -0.136. The molecule has 9 heteroatoms. The number of fused-ring (bicyclic) bond motifs is 2. The normalized spacial score (nSPS) is 11.8. The molecule has 0 unspecified atom stereocenters. The topological polar surface area (TPSA) is 103 Å². The number of rotatable bonds is 8. The molecule has 0 amide bonds. The molecule has 3 aromatic heterocycles. The fourth-order valence-electron chi connectivity index (χ4n) is 4.24. The minimum atomic E-state index is -3.91. The van der Waals surface area contributed by atoms with Crippen LogP contribution in [0, 0.1) is 0 Å². The van der Waals surface area contributed by atoms with E-state index in [0.717, 1.165) is 16.6 Å². The summed E-state index contributed by atoms with van der Waals surface area (Å²) in [5.74, 6) is -0.376. The van der Waals surface area contributed by atoms with E-state index in [1.807, 2.05) is 29.0 Å². The fourth-order valence-corrected chi connectivity index (χ4v) is 5.63. The van der Waals surface area contributed by atoms with Gasteiger partial charge < -0.3 is 14.4 Å². The van der Waals surface area contributed by atoms with Gasteiger partial charge in [0.2, 0.25) is 0 Å². The van der Waals surface area contributed by atoms with E-state index < -0.39 is 16.0 Å². The number of carbonyl (C=O) groups is 1. The summed E-state index contributed by atoms with van der Waals surface area (Å²) < 4.78 is 35.6. The van der Waals surface area contributed by atoms with Gasteiger partial charge in [0.1, 0.15) is 11.4 Å². The third-order valence-corrected chi connectivity index (χ3v) is 7.71. The first-order valence-electron chi connectivity index (χ1n) is 11.0. The van der Waals surface area contributed by atoms with Crippen LogP contribution in [0.5, 0.6) is 5.75 Å². The number of aryl methyl sites for hydroxylation is 1. The van der Waals surface area contributed by atoms with Gasteiger partial charge >= 0.3 is 5.97 Å². The number of hydrogen-bond acceptors (Lipinski definition) is 5. The monoisotopic (exact) mass is 489 g/mol. The quantitative estimate of drug-likeness (QED) is 0.349. The van der Waals surface area contributed by atoms with Gasteiger partial charge in [-0.3, -0.25) is 4.79 Å². The molecule has 1 N–H and O–H groups in total. The standard InChI is InChI=1S/C26H23N3O5S/c1-34-21-7-10-24-23(15-21)20(6-11-25(30)31)17-29(24)35(32,33)22-8-4-18(5-9-22)16-28-14-12-19-3-2-13-27-26(19)28/h2-5,7-10,12-15,17H,6,11,16H2,1H3,(H,30,31). The van der Waals surface area contributed by atoms with Gasteiger partial charge in [0, 0.05) is 42.3 Å². The molecule has 0 aliphatic rings. The van der Waals surface area contributed by atoms with Crippen LogP contribution in [0.15, 0.2) is 84.1 Å². The maximum absolute atomic E-state index is 13.6. The van der Waals surface area contributed by atoms with Crippen molar-refractivity contribution in [3.05, 3.63) is 90.4 Å². The molecule has 0 fully saturated rings. The number of benzene rings is 2. The molecule has 5 rings (SSSR count). The molecule has 178 valence electrons. The number of ether oxygens (including phenoxy) is 1. The third-order valence-electron chi connectivity index (χ3n) is 6.02. The lowest BCUT2D eigenvalue weighted by Crippen LogP contribution is -2.12. The molecular formula is C26H23N3O5S. The summed E-state index contributed by atoms with van der Waals surface area (Å²) in [5.41, 5.74) is 2.91. The maximum atomic E-state index is 13.6. The van der Waals surface area contributed by atoms with E-state index in [9.17, 15) is 13.2 Å². The second-order valence-electron chi connectivity index (χ2n) is 8.24. The SMILES string of the molecule is COc1ccc2c(c1)c(CCC(=O)O)cn2S(=O)(=O)c1ccc(Cn2ccc3cccnc32)cc1. The van der Waals surface area contributed by atoms with Gasteiger partial charge in [-0.2, -0.15) is 0 Å². The van der Waals surface area contributed by atoms with Gasteiger partial charge in [-0.25, -0.2) is 17.4 Å². The van der Waals surface area contributed by atoms with Gasteiger partial charge in [0.25, 0.3) is 10.0 Å². The molecule has 0 radical (unpaired) electrons. The van der Waals surface area contributed by atoms with E-state index in [1.165, 1.54) is 17.3 Å². The van der Waals surface area contributed by atoms with E-state index in [4.69, 9.17) is 9.84 Å². The lowest BCUT2D eigenvalue weighted by atomic mass is 10.1. The zero-order valence-electron chi connectivity index (χ0n) is 19.0. The van der Waals surface area contributed by atoms with Crippen molar-refractivity contribution < 1.29 is 23.1 Å². The molecule has 5 aromatic rings. The number of pyridine rings is 1. The molecular weight excluding hydrogens is 466 g/mol. The van der Waals surface area contributed by atoms with Crippen molar-refractivity contribution in [2.24, 2.45) is 0 Å². The second kappa shape index (κ2) is 8.92. The Morgan fingerprint density at radius 3 is 2.63 bits per heavy atom. The highest BCUT2D eigenvalue weighted by Gasteiger charge is 2.22. The van der Waals surface area contributed by atoms with Crippen LogP contribution in [0.25, 0.3) is 21.9 Å². The van der Waals surface area contributed by atoms with Crippen LogP contribution in [-0.2, 0) is 27.8 Å². The van der Waals surface area contributed by atoms with E-state index in [1.54, 1.807) is 48.7 Å². The summed E-state index contributed by atoms with van der Waals surface area (Å²) in [6, 6.07) is 17.8. The predicted molar refractivity (Wildman–Crippen MR) is 132 cm³/mol. The van der Waals surface area contributed by atoms with Crippen LogP contribution in [0.4, 0.5) is 0 Å². The first kappa shape index (κ1) is 22.7. The minimum Gasteiger partial charge on any atom is -0.497 e. The molecule has 0 atom stereocenters. The fraction of sp³-hybridized carbons (Fsp3) is 0.154. The molecule has 0 saturated heterocycles. The molecule has 3 heterocycles. The van der Waals surface area contributed by atoms with Crippen LogP contribution >= 0.6 is 0 Å². The summed E-state index contributed by atoms with van der Waals surface area (Å²) in [4.78, 5) is 15.7. The van der Waals surface area contributed by atoms with Crippen molar-refractivity contribution in [3.8, 4) is 5.75 Å². The van der Waals surface area contributed by atoms with E-state index in [0.29, 0.717) is 28.8 Å².